The van der Waals surface area contributed by atoms with Crippen molar-refractivity contribution in [3.8, 4) is 17.2 Å². The van der Waals surface area contributed by atoms with Crippen molar-refractivity contribution in [3.05, 3.63) is 51.4 Å². The predicted molar refractivity (Wildman–Crippen MR) is 126 cm³/mol. The number of phenols is 1. The van der Waals surface area contributed by atoms with Gasteiger partial charge in [0, 0.05) is 22.1 Å². The number of thiophene rings is 1. The largest absolute Gasteiger partial charge is 0.507 e. The number of methoxy groups -OCH3 is 1. The van der Waals surface area contributed by atoms with Crippen LogP contribution in [0.1, 0.15) is 52.3 Å². The zero-order chi connectivity index (χ0) is 23.3. The highest BCUT2D eigenvalue weighted by Gasteiger charge is 2.18. The van der Waals surface area contributed by atoms with Crippen LogP contribution in [0.3, 0.4) is 0 Å². The molecule has 0 bridgehead atoms. The van der Waals surface area contributed by atoms with Gasteiger partial charge >= 0.3 is 5.97 Å². The van der Waals surface area contributed by atoms with Crippen molar-refractivity contribution in [1.82, 2.24) is 0 Å². The maximum atomic E-state index is 11.8. The van der Waals surface area contributed by atoms with Gasteiger partial charge in [0.25, 0.3) is 0 Å². The summed E-state index contributed by atoms with van der Waals surface area (Å²) in [7, 11) is 1.32. The third-order valence-corrected chi connectivity index (χ3v) is 6.56. The van der Waals surface area contributed by atoms with Crippen LogP contribution >= 0.6 is 22.9 Å². The van der Waals surface area contributed by atoms with Gasteiger partial charge in [0.1, 0.15) is 22.1 Å². The van der Waals surface area contributed by atoms with Gasteiger partial charge in [-0.3, -0.25) is 4.79 Å². The highest BCUT2D eigenvalue weighted by Crippen LogP contribution is 2.38. The molecule has 0 saturated heterocycles. The third kappa shape index (κ3) is 5.16. The molecule has 0 amide bonds. The van der Waals surface area contributed by atoms with E-state index < -0.39 is 5.97 Å². The second-order valence-electron chi connectivity index (χ2n) is 7.19. The Labute approximate surface area is 195 Å². The number of hydrogen-bond acceptors (Lipinski definition) is 7. The third-order valence-electron chi connectivity index (χ3n) is 4.90. The summed E-state index contributed by atoms with van der Waals surface area (Å²) < 4.78 is 17.3. The molecule has 0 saturated carbocycles. The van der Waals surface area contributed by atoms with Gasteiger partial charge in [-0.25, -0.2) is 4.79 Å². The maximum Gasteiger partial charge on any atom is 0.349 e. The summed E-state index contributed by atoms with van der Waals surface area (Å²) in [6, 6.07) is 8.81. The minimum absolute atomic E-state index is 0.000341. The van der Waals surface area contributed by atoms with Gasteiger partial charge < -0.3 is 19.3 Å². The number of aromatic hydroxyl groups is 1. The number of fused-ring (bicyclic) bond motifs is 1. The van der Waals surface area contributed by atoms with Crippen LogP contribution in [-0.4, -0.2) is 37.2 Å². The number of ether oxygens (including phenoxy) is 3. The molecule has 0 aliphatic rings. The zero-order valence-electron chi connectivity index (χ0n) is 18.2. The van der Waals surface area contributed by atoms with E-state index in [9.17, 15) is 14.7 Å². The first-order valence-corrected chi connectivity index (χ1v) is 11.5. The van der Waals surface area contributed by atoms with Crippen LogP contribution < -0.4 is 9.47 Å². The lowest BCUT2D eigenvalue weighted by Crippen LogP contribution is -2.07. The molecule has 0 fully saturated rings. The lowest BCUT2D eigenvalue weighted by molar-refractivity contribution is 0.0606. The molecular weight excluding hydrogens is 452 g/mol. The minimum atomic E-state index is -0.458. The van der Waals surface area contributed by atoms with Crippen molar-refractivity contribution in [2.75, 3.05) is 20.3 Å². The van der Waals surface area contributed by atoms with Gasteiger partial charge in [-0.2, -0.15) is 0 Å². The van der Waals surface area contributed by atoms with E-state index in [1.807, 2.05) is 19.1 Å². The summed E-state index contributed by atoms with van der Waals surface area (Å²) in [5.74, 6) is 0.585. The van der Waals surface area contributed by atoms with Crippen molar-refractivity contribution >= 4 is 44.8 Å². The number of benzene rings is 2. The number of halogens is 1. The van der Waals surface area contributed by atoms with Gasteiger partial charge in [0.15, 0.2) is 5.78 Å². The Kier molecular flexibility index (Phi) is 7.99. The van der Waals surface area contributed by atoms with E-state index >= 15 is 0 Å². The fraction of sp³-hybridized carbons (Fsp3) is 0.333. The van der Waals surface area contributed by atoms with Crippen LogP contribution in [0.25, 0.3) is 10.1 Å². The zero-order valence-corrected chi connectivity index (χ0v) is 19.8. The molecule has 3 aromatic rings. The molecule has 0 aliphatic carbocycles. The first-order chi connectivity index (χ1) is 15.4. The van der Waals surface area contributed by atoms with E-state index in [1.165, 1.54) is 25.4 Å². The first-order valence-electron chi connectivity index (χ1n) is 10.3. The van der Waals surface area contributed by atoms with Crippen molar-refractivity contribution < 1.29 is 28.9 Å². The second-order valence-corrected chi connectivity index (χ2v) is 8.62. The molecule has 1 heterocycles. The average Bonchev–Trinajstić information content (AvgIpc) is 3.11. The molecule has 1 N–H and O–H groups in total. The van der Waals surface area contributed by atoms with Crippen LogP contribution in [0, 0.1) is 0 Å². The lowest BCUT2D eigenvalue weighted by atomic mass is 10.0. The SMILES string of the molecule is CCCc1c(OCCCOc2ccc3sc(C(=O)OC)c(Cl)c3c2)ccc(C(C)=O)c1O. The van der Waals surface area contributed by atoms with E-state index in [0.29, 0.717) is 58.6 Å². The molecule has 6 nitrogen and oxygen atoms in total. The van der Waals surface area contributed by atoms with Crippen molar-refractivity contribution in [2.45, 2.75) is 33.1 Å². The molecular formula is C24H25ClO6S. The number of phenolic OH excluding ortho intramolecular Hbond substituents is 1. The van der Waals surface area contributed by atoms with E-state index in [0.717, 1.165) is 16.5 Å². The number of hydrogen-bond donors (Lipinski definition) is 1. The molecule has 32 heavy (non-hydrogen) atoms. The fourth-order valence-corrected chi connectivity index (χ4v) is 4.72. The van der Waals surface area contributed by atoms with E-state index in [-0.39, 0.29) is 11.5 Å². The summed E-state index contributed by atoms with van der Waals surface area (Å²) in [6.07, 6.45) is 2.05. The second kappa shape index (κ2) is 10.7. The normalized spacial score (nSPS) is 10.9. The summed E-state index contributed by atoms with van der Waals surface area (Å²) in [6.45, 7) is 4.24. The molecule has 0 aliphatic heterocycles. The van der Waals surface area contributed by atoms with Crippen molar-refractivity contribution in [1.29, 1.82) is 0 Å². The highest BCUT2D eigenvalue weighted by molar-refractivity contribution is 7.21. The van der Waals surface area contributed by atoms with Gasteiger partial charge in [-0.1, -0.05) is 24.9 Å². The number of carbonyl (C=O) groups is 2. The molecule has 0 spiro atoms. The van der Waals surface area contributed by atoms with Gasteiger partial charge in [0.2, 0.25) is 0 Å². The standard InChI is InChI=1S/C24H25ClO6S/c1-4-6-17-19(9-8-16(14(2)26)22(17)27)31-12-5-11-30-15-7-10-20-18(13-15)21(25)23(32-20)24(28)29-3/h7-10,13,27H,4-6,11-12H2,1-3H3. The van der Waals surface area contributed by atoms with Crippen LogP contribution in [0.2, 0.25) is 5.02 Å². The summed E-state index contributed by atoms with van der Waals surface area (Å²) >= 11 is 7.61. The number of esters is 1. The number of Topliss-reactive ketones (excluding diaryl/α,β-unsaturated/α-hetero) is 1. The minimum Gasteiger partial charge on any atom is -0.507 e. The Morgan fingerprint density at radius 1 is 1.12 bits per heavy atom. The monoisotopic (exact) mass is 476 g/mol. The first kappa shape index (κ1) is 23.9. The van der Waals surface area contributed by atoms with Gasteiger partial charge in [0.05, 0.1) is 30.9 Å². The Balaban J connectivity index is 1.59. The van der Waals surface area contributed by atoms with Gasteiger partial charge in [-0.15, -0.1) is 11.3 Å². The summed E-state index contributed by atoms with van der Waals surface area (Å²) in [5.41, 5.74) is 0.960. The average molecular weight is 477 g/mol. The smallest absolute Gasteiger partial charge is 0.349 e. The molecule has 2 aromatic carbocycles. The van der Waals surface area contributed by atoms with Gasteiger partial charge in [-0.05, 0) is 43.7 Å². The summed E-state index contributed by atoms with van der Waals surface area (Å²) in [4.78, 5) is 23.9. The predicted octanol–water partition coefficient (Wildman–Crippen LogP) is 6.05. The molecule has 170 valence electrons. The van der Waals surface area contributed by atoms with E-state index in [2.05, 4.69) is 0 Å². The fourth-order valence-electron chi connectivity index (χ4n) is 3.32. The number of carbonyl (C=O) groups excluding carboxylic acids is 2. The molecule has 3 rings (SSSR count). The quantitative estimate of drug-likeness (QED) is 0.218. The topological polar surface area (TPSA) is 82.1 Å². The van der Waals surface area contributed by atoms with Crippen LogP contribution in [0.4, 0.5) is 0 Å². The van der Waals surface area contributed by atoms with Crippen molar-refractivity contribution in [2.24, 2.45) is 0 Å². The van der Waals surface area contributed by atoms with E-state index in [4.69, 9.17) is 25.8 Å². The Morgan fingerprint density at radius 2 is 1.88 bits per heavy atom. The Hall–Kier alpha value is -2.77. The Bertz CT molecular complexity index is 1140. The molecule has 0 unspecified atom stereocenters. The molecule has 0 atom stereocenters. The maximum absolute atomic E-state index is 11.8. The van der Waals surface area contributed by atoms with E-state index in [1.54, 1.807) is 18.2 Å². The summed E-state index contributed by atoms with van der Waals surface area (Å²) in [5, 5.41) is 11.5. The van der Waals surface area contributed by atoms with Crippen molar-refractivity contribution in [3.63, 3.8) is 0 Å². The lowest BCUT2D eigenvalue weighted by Gasteiger charge is -2.15. The van der Waals surface area contributed by atoms with Crippen LogP contribution in [-0.2, 0) is 11.2 Å². The van der Waals surface area contributed by atoms with Crippen LogP contribution in [0.15, 0.2) is 30.3 Å². The Morgan fingerprint density at radius 3 is 2.56 bits per heavy atom. The molecule has 1 aromatic heterocycles. The number of rotatable bonds is 10. The molecule has 0 radical (unpaired) electrons. The van der Waals surface area contributed by atoms with Crippen LogP contribution in [0.5, 0.6) is 17.2 Å². The number of ketones is 1. The highest BCUT2D eigenvalue weighted by atomic mass is 35.5. The molecule has 8 heteroatoms.